The van der Waals surface area contributed by atoms with E-state index in [9.17, 15) is 14.0 Å². The second kappa shape index (κ2) is 5.20. The summed E-state index contributed by atoms with van der Waals surface area (Å²) >= 11 is 6.14. The Balaban J connectivity index is 2.09. The Morgan fingerprint density at radius 3 is 2.70 bits per heavy atom. The normalized spacial score (nSPS) is 27.2. The Hall–Kier alpha value is -2.13. The number of carbonyl (C=O) groups is 2. The molecule has 120 valence electrons. The van der Waals surface area contributed by atoms with Gasteiger partial charge < -0.3 is 4.90 Å². The van der Waals surface area contributed by atoms with Crippen LogP contribution in [0.1, 0.15) is 30.4 Å². The second-order valence-electron chi connectivity index (χ2n) is 6.04. The smallest absolute Gasteiger partial charge is 0.312 e. The van der Waals surface area contributed by atoms with Gasteiger partial charge in [0.15, 0.2) is 0 Å². The highest BCUT2D eigenvalue weighted by Crippen LogP contribution is 2.44. The molecule has 0 aromatic heterocycles. The van der Waals surface area contributed by atoms with Gasteiger partial charge >= 0.3 is 6.03 Å². The predicted molar refractivity (Wildman–Crippen MR) is 83.0 cm³/mol. The quantitative estimate of drug-likeness (QED) is 0.740. The summed E-state index contributed by atoms with van der Waals surface area (Å²) in [4.78, 5) is 27.9. The van der Waals surface area contributed by atoms with E-state index in [0.29, 0.717) is 17.7 Å². The number of halogens is 2. The number of hydrogen-bond donors (Lipinski definition) is 0. The van der Waals surface area contributed by atoms with Crippen LogP contribution in [0.25, 0.3) is 0 Å². The molecule has 5 nitrogen and oxygen atoms in total. The van der Waals surface area contributed by atoms with Gasteiger partial charge in [-0.25, -0.2) is 14.1 Å². The van der Waals surface area contributed by atoms with E-state index in [0.717, 1.165) is 4.90 Å². The summed E-state index contributed by atoms with van der Waals surface area (Å²) in [5.74, 6) is -0.422. The highest BCUT2D eigenvalue weighted by atomic mass is 35.5. The molecular formula is C16H15ClFN3O2. The molecule has 1 aliphatic heterocycles. The molecule has 2 fully saturated rings. The van der Waals surface area contributed by atoms with Gasteiger partial charge in [0.1, 0.15) is 17.8 Å². The van der Waals surface area contributed by atoms with Gasteiger partial charge in [-0.3, -0.25) is 4.79 Å². The molecule has 0 radical (unpaired) electrons. The van der Waals surface area contributed by atoms with Gasteiger partial charge in [-0.05, 0) is 37.5 Å². The van der Waals surface area contributed by atoms with Crippen LogP contribution in [0.3, 0.4) is 0 Å². The summed E-state index contributed by atoms with van der Waals surface area (Å²) in [5, 5.41) is 9.22. The number of likely N-dealkylation sites (N-methyl/N-ethyl adjacent to an activating group) is 1. The monoisotopic (exact) mass is 335 g/mol. The molecular weight excluding hydrogens is 321 g/mol. The van der Waals surface area contributed by atoms with Crippen molar-refractivity contribution < 1.29 is 14.0 Å². The number of benzene rings is 1. The van der Waals surface area contributed by atoms with E-state index in [4.69, 9.17) is 16.9 Å². The molecule has 3 amide bonds. The second-order valence-corrected chi connectivity index (χ2v) is 6.41. The summed E-state index contributed by atoms with van der Waals surface area (Å²) < 4.78 is 13.7. The molecule has 3 rings (SSSR count). The van der Waals surface area contributed by atoms with E-state index in [-0.39, 0.29) is 23.4 Å². The fourth-order valence-electron chi connectivity index (χ4n) is 3.45. The van der Waals surface area contributed by atoms with Gasteiger partial charge in [0.05, 0.1) is 16.3 Å². The van der Waals surface area contributed by atoms with Gasteiger partial charge in [0, 0.05) is 13.5 Å². The summed E-state index contributed by atoms with van der Waals surface area (Å²) in [6.07, 6.45) is -0.480. The molecule has 0 bridgehead atoms. The van der Waals surface area contributed by atoms with Crippen LogP contribution in [-0.4, -0.2) is 35.6 Å². The fourth-order valence-corrected chi connectivity index (χ4v) is 3.65. The summed E-state index contributed by atoms with van der Waals surface area (Å²) in [6, 6.07) is 4.47. The number of nitriles is 1. The van der Waals surface area contributed by atoms with Gasteiger partial charge in [-0.1, -0.05) is 11.6 Å². The Bertz CT molecular complexity index is 760. The third-order valence-corrected chi connectivity index (χ3v) is 5.36. The Morgan fingerprint density at radius 1 is 1.43 bits per heavy atom. The van der Waals surface area contributed by atoms with Crippen LogP contribution in [0.5, 0.6) is 0 Å². The number of hydrogen-bond acceptors (Lipinski definition) is 3. The van der Waals surface area contributed by atoms with Crippen molar-refractivity contribution in [1.29, 1.82) is 5.26 Å². The lowest BCUT2D eigenvalue weighted by atomic mass is 9.96. The van der Waals surface area contributed by atoms with Crippen molar-refractivity contribution in [3.05, 3.63) is 28.3 Å². The lowest BCUT2D eigenvalue weighted by molar-refractivity contribution is -0.124. The van der Waals surface area contributed by atoms with Crippen LogP contribution < -0.4 is 4.90 Å². The fraction of sp³-hybridized carbons (Fsp3) is 0.438. The maximum absolute atomic E-state index is 13.7. The third kappa shape index (κ3) is 2.03. The molecule has 1 saturated carbocycles. The largest absolute Gasteiger partial charge is 0.332 e. The summed E-state index contributed by atoms with van der Waals surface area (Å²) in [5.41, 5.74) is -0.00832. The Labute approximate surface area is 138 Å². The van der Waals surface area contributed by atoms with Gasteiger partial charge in [0.25, 0.3) is 5.91 Å². The molecule has 1 saturated heterocycles. The number of urea groups is 1. The number of rotatable bonds is 1. The zero-order valence-corrected chi connectivity index (χ0v) is 13.5. The van der Waals surface area contributed by atoms with Crippen LogP contribution in [0.15, 0.2) is 12.1 Å². The van der Waals surface area contributed by atoms with Crippen molar-refractivity contribution in [2.24, 2.45) is 0 Å². The molecule has 2 aliphatic rings. The first-order valence-corrected chi connectivity index (χ1v) is 7.67. The number of nitrogens with zero attached hydrogens (tertiary/aromatic N) is 3. The van der Waals surface area contributed by atoms with Crippen LogP contribution in [-0.2, 0) is 4.79 Å². The average molecular weight is 336 g/mol. The SMILES string of the molecule is Cc1c(N2C(=O)N(C)[C@@]3(CCC(F)C3)C2=O)ccc(C#N)c1Cl. The van der Waals surface area contributed by atoms with Crippen molar-refractivity contribution in [3.63, 3.8) is 0 Å². The molecule has 1 aromatic carbocycles. The Kier molecular flexibility index (Phi) is 3.56. The summed E-state index contributed by atoms with van der Waals surface area (Å²) in [7, 11) is 1.53. The first-order valence-electron chi connectivity index (χ1n) is 7.29. The molecule has 23 heavy (non-hydrogen) atoms. The zero-order valence-electron chi connectivity index (χ0n) is 12.8. The predicted octanol–water partition coefficient (Wildman–Crippen LogP) is 3.18. The Morgan fingerprint density at radius 2 is 2.13 bits per heavy atom. The maximum Gasteiger partial charge on any atom is 0.332 e. The van der Waals surface area contributed by atoms with Gasteiger partial charge in [-0.15, -0.1) is 0 Å². The lowest BCUT2D eigenvalue weighted by Gasteiger charge is -2.27. The maximum atomic E-state index is 13.7. The van der Waals surface area contributed by atoms with E-state index in [1.165, 1.54) is 24.1 Å². The minimum atomic E-state index is -1.11. The van der Waals surface area contributed by atoms with Crippen molar-refractivity contribution in [3.8, 4) is 6.07 Å². The first-order chi connectivity index (χ1) is 10.8. The molecule has 1 heterocycles. The first kappa shape index (κ1) is 15.8. The van der Waals surface area contributed by atoms with E-state index in [1.54, 1.807) is 6.92 Å². The van der Waals surface area contributed by atoms with Gasteiger partial charge in [0.2, 0.25) is 0 Å². The topological polar surface area (TPSA) is 64.4 Å². The highest BCUT2D eigenvalue weighted by molar-refractivity contribution is 6.33. The van der Waals surface area contributed by atoms with Crippen molar-refractivity contribution in [2.45, 2.75) is 37.9 Å². The van der Waals surface area contributed by atoms with E-state index < -0.39 is 23.6 Å². The molecule has 1 spiro atoms. The zero-order chi connectivity index (χ0) is 16.9. The molecule has 2 atom stereocenters. The molecule has 1 unspecified atom stereocenters. The number of carbonyl (C=O) groups excluding carboxylic acids is 2. The number of imide groups is 1. The van der Waals surface area contributed by atoms with Crippen molar-refractivity contribution >= 4 is 29.2 Å². The van der Waals surface area contributed by atoms with Crippen LogP contribution >= 0.6 is 11.6 Å². The number of anilines is 1. The highest BCUT2D eigenvalue weighted by Gasteiger charge is 2.59. The van der Waals surface area contributed by atoms with E-state index in [1.807, 2.05) is 6.07 Å². The van der Waals surface area contributed by atoms with E-state index in [2.05, 4.69) is 0 Å². The standard InChI is InChI=1S/C16H15ClFN3O2/c1-9-12(4-3-10(8-19)13(9)17)21-14(22)16(20(2)15(21)23)6-5-11(18)7-16/h3-4,11H,5-7H2,1-2H3/t11?,16-/m1/s1. The van der Waals surface area contributed by atoms with Crippen LogP contribution in [0.2, 0.25) is 5.02 Å². The minimum Gasteiger partial charge on any atom is -0.312 e. The lowest BCUT2D eigenvalue weighted by Crippen LogP contribution is -2.45. The molecule has 7 heteroatoms. The van der Waals surface area contributed by atoms with Crippen LogP contribution in [0, 0.1) is 18.3 Å². The molecule has 1 aliphatic carbocycles. The number of amides is 3. The summed E-state index contributed by atoms with van der Waals surface area (Å²) in [6.45, 7) is 1.65. The number of alkyl halides is 1. The van der Waals surface area contributed by atoms with Crippen LogP contribution in [0.4, 0.5) is 14.9 Å². The van der Waals surface area contributed by atoms with Gasteiger partial charge in [-0.2, -0.15) is 5.26 Å². The molecule has 1 aromatic rings. The van der Waals surface area contributed by atoms with Crippen molar-refractivity contribution in [2.75, 3.05) is 11.9 Å². The average Bonchev–Trinajstić information content (AvgIpc) is 3.00. The minimum absolute atomic E-state index is 0.0215. The molecule has 0 N–H and O–H groups in total. The van der Waals surface area contributed by atoms with E-state index >= 15 is 0 Å². The third-order valence-electron chi connectivity index (χ3n) is 4.87. The van der Waals surface area contributed by atoms with Crippen molar-refractivity contribution in [1.82, 2.24) is 4.90 Å².